The first-order valence-corrected chi connectivity index (χ1v) is 6.75. The fourth-order valence-electron chi connectivity index (χ4n) is 1.30. The average molecular weight is 351 g/mol. The highest BCUT2D eigenvalue weighted by molar-refractivity contribution is 9.11. The van der Waals surface area contributed by atoms with E-state index >= 15 is 0 Å². The topological polar surface area (TPSA) is 35.2 Å². The molecular formula is C12H17Br2NO. The Morgan fingerprint density at radius 2 is 1.94 bits per heavy atom. The van der Waals surface area contributed by atoms with Gasteiger partial charge in [-0.15, -0.1) is 0 Å². The van der Waals surface area contributed by atoms with Crippen LogP contribution >= 0.6 is 31.9 Å². The van der Waals surface area contributed by atoms with Crippen LogP contribution in [0.1, 0.15) is 20.8 Å². The molecule has 2 nitrogen and oxygen atoms in total. The number of halogens is 2. The Balaban J connectivity index is 2.86. The van der Waals surface area contributed by atoms with Gasteiger partial charge in [-0.25, -0.2) is 0 Å². The first-order chi connectivity index (χ1) is 7.34. The van der Waals surface area contributed by atoms with Crippen molar-refractivity contribution in [2.75, 3.05) is 6.54 Å². The molecule has 1 atom stereocenters. The lowest BCUT2D eigenvalue weighted by Gasteiger charge is -2.30. The van der Waals surface area contributed by atoms with E-state index < -0.39 is 0 Å². The first-order valence-electron chi connectivity index (χ1n) is 5.16. The first kappa shape index (κ1) is 14.0. The third-order valence-electron chi connectivity index (χ3n) is 2.34. The highest BCUT2D eigenvalue weighted by Gasteiger charge is 2.25. The predicted molar refractivity (Wildman–Crippen MR) is 74.8 cm³/mol. The zero-order valence-electron chi connectivity index (χ0n) is 9.76. The summed E-state index contributed by atoms with van der Waals surface area (Å²) in [5.74, 6) is 0.827. The summed E-state index contributed by atoms with van der Waals surface area (Å²) < 4.78 is 7.88. The molecule has 1 unspecified atom stereocenters. The number of rotatable bonds is 3. The van der Waals surface area contributed by atoms with Crippen LogP contribution in [-0.2, 0) is 0 Å². The second-order valence-electron chi connectivity index (χ2n) is 4.78. The summed E-state index contributed by atoms with van der Waals surface area (Å²) in [6.45, 7) is 6.87. The van der Waals surface area contributed by atoms with Crippen molar-refractivity contribution < 1.29 is 4.74 Å². The molecule has 1 rings (SSSR count). The molecule has 0 amide bonds. The van der Waals surface area contributed by atoms with Crippen molar-refractivity contribution in [3.63, 3.8) is 0 Å². The fraction of sp³-hybridized carbons (Fsp3) is 0.500. The van der Waals surface area contributed by atoms with Gasteiger partial charge in [0, 0.05) is 16.4 Å². The second-order valence-corrected chi connectivity index (χ2v) is 6.55. The van der Waals surface area contributed by atoms with Crippen molar-refractivity contribution in [3.05, 3.63) is 27.1 Å². The van der Waals surface area contributed by atoms with E-state index in [1.165, 1.54) is 0 Å². The third-order valence-corrected chi connectivity index (χ3v) is 3.46. The minimum atomic E-state index is 0.00461. The zero-order valence-corrected chi connectivity index (χ0v) is 12.9. The molecule has 0 aliphatic heterocycles. The van der Waals surface area contributed by atoms with Gasteiger partial charge >= 0.3 is 0 Å². The Morgan fingerprint density at radius 3 is 2.38 bits per heavy atom. The van der Waals surface area contributed by atoms with E-state index in [1.807, 2.05) is 18.2 Å². The molecule has 0 bridgehead atoms. The Labute approximate surface area is 114 Å². The van der Waals surface area contributed by atoms with Crippen LogP contribution in [0.3, 0.4) is 0 Å². The molecular weight excluding hydrogens is 334 g/mol. The molecule has 16 heavy (non-hydrogen) atoms. The summed E-state index contributed by atoms with van der Waals surface area (Å²) in [5, 5.41) is 0. The van der Waals surface area contributed by atoms with Crippen molar-refractivity contribution in [1.82, 2.24) is 0 Å². The van der Waals surface area contributed by atoms with E-state index in [0.717, 1.165) is 14.7 Å². The lowest BCUT2D eigenvalue weighted by Crippen LogP contribution is -2.38. The van der Waals surface area contributed by atoms with Gasteiger partial charge in [0.05, 0.1) is 4.47 Å². The van der Waals surface area contributed by atoms with Crippen molar-refractivity contribution in [2.45, 2.75) is 26.9 Å². The standard InChI is InChI=1S/C12H17Br2NO/c1-12(2,3)11(7-15)16-10-5-4-8(13)6-9(10)14/h4-6,11H,7,15H2,1-3H3. The van der Waals surface area contributed by atoms with Gasteiger partial charge < -0.3 is 10.5 Å². The Morgan fingerprint density at radius 1 is 1.31 bits per heavy atom. The van der Waals surface area contributed by atoms with Crippen LogP contribution in [-0.4, -0.2) is 12.6 Å². The third kappa shape index (κ3) is 3.75. The van der Waals surface area contributed by atoms with E-state index in [2.05, 4.69) is 52.6 Å². The van der Waals surface area contributed by atoms with Crippen LogP contribution in [0.5, 0.6) is 5.75 Å². The van der Waals surface area contributed by atoms with Crippen LogP contribution in [0.4, 0.5) is 0 Å². The molecule has 2 N–H and O–H groups in total. The maximum Gasteiger partial charge on any atom is 0.134 e. The van der Waals surface area contributed by atoms with E-state index in [9.17, 15) is 0 Å². The molecule has 1 aromatic carbocycles. The van der Waals surface area contributed by atoms with Crippen LogP contribution in [0, 0.1) is 5.41 Å². The molecule has 0 saturated carbocycles. The largest absolute Gasteiger partial charge is 0.487 e. The molecule has 0 saturated heterocycles. The molecule has 0 aliphatic carbocycles. The van der Waals surface area contributed by atoms with Gasteiger partial charge in [-0.1, -0.05) is 36.7 Å². The molecule has 0 spiro atoms. The summed E-state index contributed by atoms with van der Waals surface area (Å²) in [4.78, 5) is 0. The highest BCUT2D eigenvalue weighted by Crippen LogP contribution is 2.31. The molecule has 0 aromatic heterocycles. The summed E-state index contributed by atoms with van der Waals surface area (Å²) in [6, 6.07) is 5.85. The van der Waals surface area contributed by atoms with Gasteiger partial charge in [-0.05, 0) is 34.1 Å². The van der Waals surface area contributed by atoms with Crippen LogP contribution in [0.2, 0.25) is 0 Å². The maximum absolute atomic E-state index is 5.92. The lowest BCUT2D eigenvalue weighted by atomic mass is 9.89. The molecule has 0 aliphatic rings. The van der Waals surface area contributed by atoms with Gasteiger partial charge in [0.15, 0.2) is 0 Å². The summed E-state index contributed by atoms with van der Waals surface area (Å²) in [6.07, 6.45) is 0.00461. The van der Waals surface area contributed by atoms with Crippen molar-refractivity contribution in [2.24, 2.45) is 11.1 Å². The molecule has 0 radical (unpaired) electrons. The van der Waals surface area contributed by atoms with Gasteiger partial charge in [-0.3, -0.25) is 0 Å². The van der Waals surface area contributed by atoms with Crippen molar-refractivity contribution >= 4 is 31.9 Å². The highest BCUT2D eigenvalue weighted by atomic mass is 79.9. The zero-order chi connectivity index (χ0) is 12.3. The van der Waals surface area contributed by atoms with Crippen LogP contribution in [0.25, 0.3) is 0 Å². The van der Waals surface area contributed by atoms with E-state index in [0.29, 0.717) is 6.54 Å². The minimum absolute atomic E-state index is 0.00461. The number of ether oxygens (including phenoxy) is 1. The molecule has 0 fully saturated rings. The van der Waals surface area contributed by atoms with E-state index in [1.54, 1.807) is 0 Å². The average Bonchev–Trinajstić information content (AvgIpc) is 2.14. The quantitative estimate of drug-likeness (QED) is 0.895. The van der Waals surface area contributed by atoms with Gasteiger partial charge in [0.25, 0.3) is 0 Å². The number of benzene rings is 1. The molecule has 4 heteroatoms. The van der Waals surface area contributed by atoms with E-state index in [-0.39, 0.29) is 11.5 Å². The SMILES string of the molecule is CC(C)(C)C(CN)Oc1ccc(Br)cc1Br. The van der Waals surface area contributed by atoms with Crippen molar-refractivity contribution in [1.29, 1.82) is 0 Å². The van der Waals surface area contributed by atoms with E-state index in [4.69, 9.17) is 10.5 Å². The number of hydrogen-bond donors (Lipinski definition) is 1. The number of nitrogens with two attached hydrogens (primary N) is 1. The van der Waals surface area contributed by atoms with Crippen LogP contribution in [0.15, 0.2) is 27.1 Å². The van der Waals surface area contributed by atoms with Gasteiger partial charge in [-0.2, -0.15) is 0 Å². The van der Waals surface area contributed by atoms with Crippen molar-refractivity contribution in [3.8, 4) is 5.75 Å². The Kier molecular flexibility index (Phi) is 4.83. The van der Waals surface area contributed by atoms with Gasteiger partial charge in [0.1, 0.15) is 11.9 Å². The smallest absolute Gasteiger partial charge is 0.134 e. The number of hydrogen-bond acceptors (Lipinski definition) is 2. The Bertz CT molecular complexity index is 361. The predicted octanol–water partition coefficient (Wildman–Crippen LogP) is 3.96. The van der Waals surface area contributed by atoms with Gasteiger partial charge in [0.2, 0.25) is 0 Å². The second kappa shape index (κ2) is 5.52. The molecule has 1 aromatic rings. The van der Waals surface area contributed by atoms with Crippen LogP contribution < -0.4 is 10.5 Å². The fourth-order valence-corrected chi connectivity index (χ4v) is 2.44. The minimum Gasteiger partial charge on any atom is -0.487 e. The lowest BCUT2D eigenvalue weighted by molar-refractivity contribution is 0.0934. The monoisotopic (exact) mass is 349 g/mol. The normalized spacial score (nSPS) is 13.6. The maximum atomic E-state index is 5.92. The summed E-state index contributed by atoms with van der Waals surface area (Å²) in [5.41, 5.74) is 5.77. The summed E-state index contributed by atoms with van der Waals surface area (Å²) in [7, 11) is 0. The Hall–Kier alpha value is -0.0600. The molecule has 0 heterocycles. The molecule has 90 valence electrons. The summed E-state index contributed by atoms with van der Waals surface area (Å²) >= 11 is 6.88.